The Balaban J connectivity index is 1.28. The summed E-state index contributed by atoms with van der Waals surface area (Å²) in [5.41, 5.74) is 8.23. The van der Waals surface area contributed by atoms with E-state index in [0.717, 1.165) is 55.7 Å². The van der Waals surface area contributed by atoms with Gasteiger partial charge in [0, 0.05) is 45.1 Å². The predicted molar refractivity (Wildman–Crippen MR) is 177 cm³/mol. The summed E-state index contributed by atoms with van der Waals surface area (Å²) in [5.74, 6) is 0.893. The number of fused-ring (bicyclic) bond motifs is 7. The van der Waals surface area contributed by atoms with Gasteiger partial charge in [0.2, 0.25) is 0 Å². The minimum Gasteiger partial charge on any atom is -0.299 e. The Morgan fingerprint density at radius 2 is 1.09 bits per heavy atom. The van der Waals surface area contributed by atoms with E-state index in [0.29, 0.717) is 0 Å². The highest BCUT2D eigenvalue weighted by atomic mass is 15.0. The maximum absolute atomic E-state index is 5.33. The fraction of sp³-hybridized carbons (Fsp3) is 0. The van der Waals surface area contributed by atoms with Gasteiger partial charge < -0.3 is 0 Å². The molecule has 0 unspecified atom stereocenters. The largest absolute Gasteiger partial charge is 0.299 e. The summed E-state index contributed by atoms with van der Waals surface area (Å²) >= 11 is 0. The molecule has 0 atom stereocenters. The molecule has 0 aliphatic heterocycles. The molecule has 4 nitrogen and oxygen atoms in total. The van der Waals surface area contributed by atoms with Crippen molar-refractivity contribution in [3.63, 3.8) is 0 Å². The van der Waals surface area contributed by atoms with Crippen LogP contribution in [0.15, 0.2) is 146 Å². The minimum absolute atomic E-state index is 0.864. The van der Waals surface area contributed by atoms with E-state index in [1.54, 1.807) is 0 Å². The van der Waals surface area contributed by atoms with Crippen LogP contribution in [0.2, 0.25) is 0 Å². The van der Waals surface area contributed by atoms with Gasteiger partial charge in [0.25, 0.3) is 0 Å². The van der Waals surface area contributed by atoms with E-state index in [1.807, 2.05) is 36.5 Å². The molecular formula is C39H24N4. The van der Waals surface area contributed by atoms with Crippen molar-refractivity contribution >= 4 is 48.9 Å². The van der Waals surface area contributed by atoms with Crippen LogP contribution in [0.25, 0.3) is 82.8 Å². The third-order valence-corrected chi connectivity index (χ3v) is 8.45. The lowest BCUT2D eigenvalue weighted by atomic mass is 9.92. The number of rotatable bonds is 3. The molecule has 0 aliphatic carbocycles. The number of hydrogen-bond acceptors (Lipinski definition) is 3. The number of benzene rings is 5. The molecule has 0 saturated carbocycles. The van der Waals surface area contributed by atoms with E-state index < -0.39 is 0 Å². The lowest BCUT2D eigenvalue weighted by Crippen LogP contribution is -1.92. The van der Waals surface area contributed by atoms with E-state index in [9.17, 15) is 0 Å². The normalized spacial score (nSPS) is 11.7. The first-order valence-corrected chi connectivity index (χ1v) is 14.5. The quantitative estimate of drug-likeness (QED) is 0.163. The van der Waals surface area contributed by atoms with Crippen LogP contribution in [0.1, 0.15) is 0 Å². The highest BCUT2D eigenvalue weighted by Crippen LogP contribution is 2.40. The SMILES string of the molecule is c1ccc(-c2nc(-c3ccc(-c4c5ccc6ccccc6c5nc5c4ccc4ccccc45)cc3)n3ccccc23)nc1. The Labute approximate surface area is 247 Å². The third-order valence-electron chi connectivity index (χ3n) is 8.45. The molecule has 4 aromatic heterocycles. The van der Waals surface area contributed by atoms with Gasteiger partial charge in [0.05, 0.1) is 22.2 Å². The zero-order valence-corrected chi connectivity index (χ0v) is 23.1. The Kier molecular flexibility index (Phi) is 5.16. The first kappa shape index (κ1) is 23.8. The molecule has 9 rings (SSSR count). The van der Waals surface area contributed by atoms with Crippen molar-refractivity contribution in [1.29, 1.82) is 0 Å². The second kappa shape index (κ2) is 9.33. The van der Waals surface area contributed by atoms with Crippen LogP contribution in [-0.4, -0.2) is 19.4 Å². The van der Waals surface area contributed by atoms with Crippen LogP contribution in [0.4, 0.5) is 0 Å². The maximum atomic E-state index is 5.33. The summed E-state index contributed by atoms with van der Waals surface area (Å²) in [5, 5.41) is 7.02. The molecule has 5 aromatic carbocycles. The van der Waals surface area contributed by atoms with E-state index >= 15 is 0 Å². The van der Waals surface area contributed by atoms with Gasteiger partial charge in [-0.25, -0.2) is 9.97 Å². The smallest absolute Gasteiger partial charge is 0.145 e. The molecule has 9 aromatic rings. The monoisotopic (exact) mass is 548 g/mol. The van der Waals surface area contributed by atoms with Gasteiger partial charge in [-0.3, -0.25) is 9.38 Å². The molecule has 4 heteroatoms. The van der Waals surface area contributed by atoms with E-state index in [1.165, 1.54) is 27.1 Å². The summed E-state index contributed by atoms with van der Waals surface area (Å²) < 4.78 is 2.15. The predicted octanol–water partition coefficient (Wildman–Crippen LogP) is 9.74. The van der Waals surface area contributed by atoms with Gasteiger partial charge in [-0.05, 0) is 40.6 Å². The minimum atomic E-state index is 0.864. The molecular weight excluding hydrogens is 524 g/mol. The van der Waals surface area contributed by atoms with E-state index in [2.05, 4.69) is 119 Å². The van der Waals surface area contributed by atoms with Gasteiger partial charge in [-0.1, -0.05) is 109 Å². The summed E-state index contributed by atoms with van der Waals surface area (Å²) in [6.07, 6.45) is 3.88. The highest BCUT2D eigenvalue weighted by Gasteiger charge is 2.18. The van der Waals surface area contributed by atoms with Gasteiger partial charge in [0.1, 0.15) is 11.5 Å². The van der Waals surface area contributed by atoms with Gasteiger partial charge in [0.15, 0.2) is 0 Å². The molecule has 200 valence electrons. The summed E-state index contributed by atoms with van der Waals surface area (Å²) in [7, 11) is 0. The second-order valence-electron chi connectivity index (χ2n) is 10.9. The molecule has 0 fully saturated rings. The molecule has 0 saturated heterocycles. The Bertz CT molecular complexity index is 2400. The van der Waals surface area contributed by atoms with E-state index in [-0.39, 0.29) is 0 Å². The van der Waals surface area contributed by atoms with Crippen LogP contribution in [-0.2, 0) is 0 Å². The zero-order valence-electron chi connectivity index (χ0n) is 23.1. The van der Waals surface area contributed by atoms with E-state index in [4.69, 9.17) is 9.97 Å². The zero-order chi connectivity index (χ0) is 28.3. The van der Waals surface area contributed by atoms with Gasteiger partial charge in [-0.2, -0.15) is 0 Å². The Morgan fingerprint density at radius 3 is 1.77 bits per heavy atom. The van der Waals surface area contributed by atoms with Crippen LogP contribution in [0, 0.1) is 0 Å². The average Bonchev–Trinajstić information content (AvgIpc) is 3.47. The molecule has 0 radical (unpaired) electrons. The van der Waals surface area contributed by atoms with Crippen molar-refractivity contribution in [3.05, 3.63) is 146 Å². The Hall–Kier alpha value is -5.87. The topological polar surface area (TPSA) is 43.1 Å². The fourth-order valence-corrected chi connectivity index (χ4v) is 6.44. The summed E-state index contributed by atoms with van der Waals surface area (Å²) in [6.45, 7) is 0. The number of nitrogens with zero attached hydrogens (tertiary/aromatic N) is 4. The summed E-state index contributed by atoms with van der Waals surface area (Å²) in [6, 6.07) is 46.8. The third kappa shape index (κ3) is 3.67. The molecule has 4 heterocycles. The maximum Gasteiger partial charge on any atom is 0.145 e. The number of pyridine rings is 3. The van der Waals surface area contributed by atoms with Crippen molar-refractivity contribution in [2.45, 2.75) is 0 Å². The van der Waals surface area contributed by atoms with Crippen LogP contribution in [0.5, 0.6) is 0 Å². The number of imidazole rings is 1. The van der Waals surface area contributed by atoms with Crippen LogP contribution in [0.3, 0.4) is 0 Å². The average molecular weight is 549 g/mol. The first-order chi connectivity index (χ1) is 21.3. The van der Waals surface area contributed by atoms with Crippen LogP contribution < -0.4 is 0 Å². The summed E-state index contributed by atoms with van der Waals surface area (Å²) in [4.78, 5) is 15.0. The van der Waals surface area contributed by atoms with Crippen molar-refractivity contribution < 1.29 is 0 Å². The lowest BCUT2D eigenvalue weighted by Gasteiger charge is -2.15. The molecule has 0 aliphatic rings. The molecule has 0 bridgehead atoms. The van der Waals surface area contributed by atoms with Crippen molar-refractivity contribution in [2.75, 3.05) is 0 Å². The second-order valence-corrected chi connectivity index (χ2v) is 10.9. The Morgan fingerprint density at radius 1 is 0.465 bits per heavy atom. The highest BCUT2D eigenvalue weighted by molar-refractivity contribution is 6.21. The fourth-order valence-electron chi connectivity index (χ4n) is 6.44. The number of aromatic nitrogens is 4. The lowest BCUT2D eigenvalue weighted by molar-refractivity contribution is 1.16. The first-order valence-electron chi connectivity index (χ1n) is 14.5. The standard InChI is InChI=1S/C39H24N4/c1-3-11-29-25(9-1)19-21-31-35(32-22-20-26-10-2-4-12-30(26)37(32)41-36(29)31)27-15-17-28(18-16-27)39-42-38(33-13-5-7-23-40-33)34-14-6-8-24-43(34)39/h1-24H. The van der Waals surface area contributed by atoms with Gasteiger partial charge in [-0.15, -0.1) is 0 Å². The molecule has 43 heavy (non-hydrogen) atoms. The number of hydrogen-bond donors (Lipinski definition) is 0. The van der Waals surface area contributed by atoms with Crippen LogP contribution >= 0.6 is 0 Å². The van der Waals surface area contributed by atoms with Crippen molar-refractivity contribution in [3.8, 4) is 33.9 Å². The molecule has 0 N–H and O–H groups in total. The van der Waals surface area contributed by atoms with Gasteiger partial charge >= 0.3 is 0 Å². The van der Waals surface area contributed by atoms with Crippen molar-refractivity contribution in [2.24, 2.45) is 0 Å². The molecule has 0 spiro atoms. The van der Waals surface area contributed by atoms with Crippen molar-refractivity contribution in [1.82, 2.24) is 19.4 Å². The molecule has 0 amide bonds.